The molecule has 0 spiro atoms. The highest BCUT2D eigenvalue weighted by Crippen LogP contribution is 2.14. The minimum Gasteiger partial charge on any atom is -0.481 e. The van der Waals surface area contributed by atoms with Gasteiger partial charge >= 0.3 is 11.9 Å². The van der Waals surface area contributed by atoms with Crippen molar-refractivity contribution in [2.24, 2.45) is 5.92 Å². The van der Waals surface area contributed by atoms with Gasteiger partial charge in [0.15, 0.2) is 0 Å². The molecule has 0 unspecified atom stereocenters. The van der Waals surface area contributed by atoms with E-state index in [1.807, 2.05) is 20.8 Å². The molecule has 0 fully saturated rings. The number of carboxylic acids is 1. The first kappa shape index (κ1) is 19.2. The van der Waals surface area contributed by atoms with Gasteiger partial charge in [0.1, 0.15) is 5.76 Å². The molecule has 1 aromatic heterocycles. The van der Waals surface area contributed by atoms with Crippen molar-refractivity contribution in [2.75, 3.05) is 13.2 Å². The summed E-state index contributed by atoms with van der Waals surface area (Å²) in [6.45, 7) is 6.84. The quantitative estimate of drug-likeness (QED) is 0.525. The molecule has 0 bridgehead atoms. The Labute approximate surface area is 136 Å². The predicted molar refractivity (Wildman–Crippen MR) is 84.1 cm³/mol. The highest BCUT2D eigenvalue weighted by atomic mass is 16.5. The summed E-state index contributed by atoms with van der Waals surface area (Å²) in [4.78, 5) is 22.9. The van der Waals surface area contributed by atoms with Crippen molar-refractivity contribution in [3.63, 3.8) is 0 Å². The van der Waals surface area contributed by atoms with Crippen molar-refractivity contribution in [3.8, 4) is 0 Å². The van der Waals surface area contributed by atoms with Crippen LogP contribution < -0.4 is 0 Å². The minimum atomic E-state index is -1.03. The molecule has 0 aliphatic heterocycles. The second kappa shape index (κ2) is 9.35. The van der Waals surface area contributed by atoms with Crippen molar-refractivity contribution in [2.45, 2.75) is 52.1 Å². The Balaban J connectivity index is 2.21. The van der Waals surface area contributed by atoms with Gasteiger partial charge in [0.05, 0.1) is 30.8 Å². The summed E-state index contributed by atoms with van der Waals surface area (Å²) >= 11 is 0. The zero-order chi connectivity index (χ0) is 17.3. The molecule has 0 radical (unpaired) electrons. The SMILES string of the molecule is CC(C)(C)OCCCCOC(=O)C[C@@H](Cc1ccco1)C(=O)O. The number of unbranched alkanes of at least 4 members (excludes halogenated alkanes) is 1. The number of rotatable bonds is 10. The van der Waals surface area contributed by atoms with Crippen LogP contribution in [0.5, 0.6) is 0 Å². The van der Waals surface area contributed by atoms with E-state index in [4.69, 9.17) is 13.9 Å². The van der Waals surface area contributed by atoms with Crippen LogP contribution >= 0.6 is 0 Å². The molecule has 1 rings (SSSR count). The lowest BCUT2D eigenvalue weighted by Crippen LogP contribution is -2.22. The molecule has 0 aliphatic rings. The second-order valence-corrected chi connectivity index (χ2v) is 6.41. The third-order valence-corrected chi connectivity index (χ3v) is 3.13. The lowest BCUT2D eigenvalue weighted by atomic mass is 10.0. The fourth-order valence-electron chi connectivity index (χ4n) is 1.95. The largest absolute Gasteiger partial charge is 0.481 e. The van der Waals surface area contributed by atoms with E-state index in [1.165, 1.54) is 6.26 Å². The standard InChI is InChI=1S/C17H26O6/c1-17(2,3)23-10-5-4-8-22-15(18)12-13(16(19)20)11-14-7-6-9-21-14/h6-7,9,13H,4-5,8,10-12H2,1-3H3,(H,19,20)/t13-/m1/s1. The molecule has 1 heterocycles. The van der Waals surface area contributed by atoms with E-state index >= 15 is 0 Å². The van der Waals surface area contributed by atoms with Crippen LogP contribution in [-0.4, -0.2) is 35.9 Å². The van der Waals surface area contributed by atoms with Crippen molar-refractivity contribution >= 4 is 11.9 Å². The molecule has 6 heteroatoms. The van der Waals surface area contributed by atoms with Crippen LogP contribution in [0.3, 0.4) is 0 Å². The first-order valence-corrected chi connectivity index (χ1v) is 7.82. The average molecular weight is 326 g/mol. The lowest BCUT2D eigenvalue weighted by Gasteiger charge is -2.19. The molecule has 23 heavy (non-hydrogen) atoms. The van der Waals surface area contributed by atoms with Gasteiger partial charge in [0, 0.05) is 13.0 Å². The zero-order valence-electron chi connectivity index (χ0n) is 14.0. The fourth-order valence-corrected chi connectivity index (χ4v) is 1.95. The molecule has 0 amide bonds. The van der Waals surface area contributed by atoms with Crippen LogP contribution in [-0.2, 0) is 25.5 Å². The van der Waals surface area contributed by atoms with E-state index in [0.717, 1.165) is 6.42 Å². The smallest absolute Gasteiger partial charge is 0.307 e. The number of carbonyl (C=O) groups is 2. The lowest BCUT2D eigenvalue weighted by molar-refractivity contribution is -0.151. The first-order chi connectivity index (χ1) is 10.8. The number of aliphatic carboxylic acids is 1. The molecule has 1 N–H and O–H groups in total. The van der Waals surface area contributed by atoms with Crippen molar-refractivity contribution in [3.05, 3.63) is 24.2 Å². The van der Waals surface area contributed by atoms with E-state index in [-0.39, 0.29) is 25.0 Å². The van der Waals surface area contributed by atoms with E-state index in [2.05, 4.69) is 0 Å². The monoisotopic (exact) mass is 326 g/mol. The zero-order valence-corrected chi connectivity index (χ0v) is 14.0. The maximum Gasteiger partial charge on any atom is 0.307 e. The van der Waals surface area contributed by atoms with Gasteiger partial charge in [-0.15, -0.1) is 0 Å². The fraction of sp³-hybridized carbons (Fsp3) is 0.647. The summed E-state index contributed by atoms with van der Waals surface area (Å²) in [5.74, 6) is -1.82. The van der Waals surface area contributed by atoms with Crippen LogP contribution in [0.15, 0.2) is 22.8 Å². The third-order valence-electron chi connectivity index (χ3n) is 3.13. The van der Waals surface area contributed by atoms with Crippen molar-refractivity contribution in [1.82, 2.24) is 0 Å². The third kappa shape index (κ3) is 9.03. The molecule has 0 aliphatic carbocycles. The number of hydrogen-bond donors (Lipinski definition) is 1. The summed E-state index contributed by atoms with van der Waals surface area (Å²) in [5, 5.41) is 9.17. The Morgan fingerprint density at radius 1 is 1.26 bits per heavy atom. The van der Waals surface area contributed by atoms with Crippen LogP contribution in [0.25, 0.3) is 0 Å². The Hall–Kier alpha value is -1.82. The van der Waals surface area contributed by atoms with Crippen LogP contribution in [0.2, 0.25) is 0 Å². The highest BCUT2D eigenvalue weighted by Gasteiger charge is 2.23. The molecular formula is C17H26O6. The minimum absolute atomic E-state index is 0.158. The van der Waals surface area contributed by atoms with Crippen LogP contribution in [0.1, 0.15) is 45.8 Å². The predicted octanol–water partition coefficient (Wildman–Crippen LogP) is 3.05. The molecule has 1 atom stereocenters. The number of furan rings is 1. The van der Waals surface area contributed by atoms with E-state index < -0.39 is 17.9 Å². The van der Waals surface area contributed by atoms with Crippen LogP contribution in [0, 0.1) is 5.92 Å². The van der Waals surface area contributed by atoms with Crippen molar-refractivity contribution < 1.29 is 28.6 Å². The van der Waals surface area contributed by atoms with Crippen LogP contribution in [0.4, 0.5) is 0 Å². The van der Waals surface area contributed by atoms with Gasteiger partial charge in [-0.3, -0.25) is 9.59 Å². The van der Waals surface area contributed by atoms with Gasteiger partial charge in [-0.1, -0.05) is 0 Å². The van der Waals surface area contributed by atoms with Gasteiger partial charge in [-0.05, 0) is 45.7 Å². The molecular weight excluding hydrogens is 300 g/mol. The van der Waals surface area contributed by atoms with E-state index in [9.17, 15) is 14.7 Å². The Morgan fingerprint density at radius 2 is 1.96 bits per heavy atom. The van der Waals surface area contributed by atoms with E-state index in [1.54, 1.807) is 12.1 Å². The number of carboxylic acid groups (broad SMARTS) is 1. The van der Waals surface area contributed by atoms with E-state index in [0.29, 0.717) is 18.8 Å². The number of hydrogen-bond acceptors (Lipinski definition) is 5. The van der Waals surface area contributed by atoms with Gasteiger partial charge in [-0.2, -0.15) is 0 Å². The molecule has 130 valence electrons. The average Bonchev–Trinajstić information content (AvgIpc) is 2.93. The molecule has 1 aromatic rings. The van der Waals surface area contributed by atoms with Gasteiger partial charge < -0.3 is 19.0 Å². The van der Waals surface area contributed by atoms with Gasteiger partial charge in [-0.25, -0.2) is 0 Å². The summed E-state index contributed by atoms with van der Waals surface area (Å²) in [7, 11) is 0. The first-order valence-electron chi connectivity index (χ1n) is 7.82. The number of esters is 1. The number of ether oxygens (including phenoxy) is 2. The summed E-state index contributed by atoms with van der Waals surface area (Å²) < 4.78 is 15.8. The highest BCUT2D eigenvalue weighted by molar-refractivity contribution is 5.78. The van der Waals surface area contributed by atoms with Crippen molar-refractivity contribution in [1.29, 1.82) is 0 Å². The normalized spacial score (nSPS) is 12.8. The number of carbonyl (C=O) groups excluding carboxylic acids is 1. The summed E-state index contributed by atoms with van der Waals surface area (Å²) in [6, 6.07) is 3.38. The molecule has 0 aromatic carbocycles. The van der Waals surface area contributed by atoms with Gasteiger partial charge in [0.25, 0.3) is 0 Å². The summed E-state index contributed by atoms with van der Waals surface area (Å²) in [5.41, 5.74) is -0.169. The maximum atomic E-state index is 11.7. The Kier molecular flexibility index (Phi) is 7.81. The Bertz CT molecular complexity index is 472. The second-order valence-electron chi connectivity index (χ2n) is 6.41. The Morgan fingerprint density at radius 3 is 2.52 bits per heavy atom. The maximum absolute atomic E-state index is 11.7. The topological polar surface area (TPSA) is 86.0 Å². The molecule has 0 saturated carbocycles. The van der Waals surface area contributed by atoms with Gasteiger partial charge in [0.2, 0.25) is 0 Å². The summed E-state index contributed by atoms with van der Waals surface area (Å²) in [6.07, 6.45) is 2.98. The molecule has 0 saturated heterocycles. The molecule has 6 nitrogen and oxygen atoms in total.